The maximum Gasteiger partial charge on any atom is 0.244 e. The lowest BCUT2D eigenvalue weighted by Crippen LogP contribution is -2.42. The first-order valence-corrected chi connectivity index (χ1v) is 9.26. The van der Waals surface area contributed by atoms with Crippen LogP contribution in [-0.2, 0) is 0 Å². The first kappa shape index (κ1) is 17.5. The minimum atomic E-state index is 0.0957. The molecular formula is C19H24N6O2. The summed E-state index contributed by atoms with van der Waals surface area (Å²) in [5, 5.41) is 27.0. The smallest absolute Gasteiger partial charge is 0.244 e. The quantitative estimate of drug-likeness (QED) is 0.715. The van der Waals surface area contributed by atoms with Crippen LogP contribution >= 0.6 is 0 Å². The molecule has 0 saturated carbocycles. The zero-order chi connectivity index (χ0) is 18.8. The zero-order valence-electron chi connectivity index (χ0n) is 15.6. The summed E-state index contributed by atoms with van der Waals surface area (Å²) >= 11 is 0. The SMILES string of the molecule is CCN1CCC[C@@H](Nc2nnc(-c3ccc(OC)cc3O)c3ccnn23)C1. The van der Waals surface area contributed by atoms with Gasteiger partial charge in [0.2, 0.25) is 5.95 Å². The van der Waals surface area contributed by atoms with Gasteiger partial charge in [0.1, 0.15) is 17.2 Å². The summed E-state index contributed by atoms with van der Waals surface area (Å²) in [6.07, 6.45) is 3.98. The van der Waals surface area contributed by atoms with Crippen molar-refractivity contribution in [2.24, 2.45) is 0 Å². The van der Waals surface area contributed by atoms with Crippen molar-refractivity contribution >= 4 is 11.5 Å². The van der Waals surface area contributed by atoms with E-state index in [2.05, 4.69) is 32.4 Å². The van der Waals surface area contributed by atoms with Crippen molar-refractivity contribution < 1.29 is 9.84 Å². The van der Waals surface area contributed by atoms with Gasteiger partial charge in [-0.1, -0.05) is 6.92 Å². The van der Waals surface area contributed by atoms with Gasteiger partial charge in [0.05, 0.1) is 18.8 Å². The molecule has 27 heavy (non-hydrogen) atoms. The number of ether oxygens (including phenoxy) is 1. The minimum Gasteiger partial charge on any atom is -0.507 e. The van der Waals surface area contributed by atoms with Gasteiger partial charge in [-0.05, 0) is 44.1 Å². The Morgan fingerprint density at radius 3 is 2.96 bits per heavy atom. The second kappa shape index (κ2) is 7.40. The van der Waals surface area contributed by atoms with E-state index in [1.165, 1.54) is 6.42 Å². The summed E-state index contributed by atoms with van der Waals surface area (Å²) in [7, 11) is 1.56. The number of likely N-dealkylation sites (N-methyl/N-ethyl adjacent to an activating group) is 1. The topological polar surface area (TPSA) is 87.8 Å². The fourth-order valence-corrected chi connectivity index (χ4v) is 3.61. The van der Waals surface area contributed by atoms with Crippen molar-refractivity contribution in [1.29, 1.82) is 0 Å². The Kier molecular flexibility index (Phi) is 4.81. The van der Waals surface area contributed by atoms with Crippen LogP contribution in [-0.4, -0.2) is 62.6 Å². The fraction of sp³-hybridized carbons (Fsp3) is 0.421. The number of aromatic hydroxyl groups is 1. The molecule has 4 rings (SSSR count). The van der Waals surface area contributed by atoms with Gasteiger partial charge in [-0.3, -0.25) is 0 Å². The van der Waals surface area contributed by atoms with Crippen LogP contribution in [0.1, 0.15) is 19.8 Å². The third-order valence-electron chi connectivity index (χ3n) is 5.08. The third kappa shape index (κ3) is 3.40. The van der Waals surface area contributed by atoms with E-state index >= 15 is 0 Å². The number of methoxy groups -OCH3 is 1. The molecular weight excluding hydrogens is 344 g/mol. The molecule has 3 heterocycles. The summed E-state index contributed by atoms with van der Waals surface area (Å²) in [5.74, 6) is 1.30. The number of anilines is 1. The first-order chi connectivity index (χ1) is 13.2. The Bertz CT molecular complexity index is 941. The van der Waals surface area contributed by atoms with Gasteiger partial charge in [0.25, 0.3) is 0 Å². The van der Waals surface area contributed by atoms with Crippen LogP contribution in [0.3, 0.4) is 0 Å². The van der Waals surface area contributed by atoms with E-state index in [-0.39, 0.29) is 5.75 Å². The van der Waals surface area contributed by atoms with Crippen molar-refractivity contribution in [3.05, 3.63) is 30.5 Å². The molecule has 0 unspecified atom stereocenters. The number of phenols is 1. The van der Waals surface area contributed by atoms with E-state index in [0.29, 0.717) is 29.0 Å². The molecule has 8 heteroatoms. The lowest BCUT2D eigenvalue weighted by atomic mass is 10.1. The summed E-state index contributed by atoms with van der Waals surface area (Å²) < 4.78 is 6.90. The van der Waals surface area contributed by atoms with Crippen LogP contribution in [0.25, 0.3) is 16.8 Å². The second-order valence-corrected chi connectivity index (χ2v) is 6.76. The Hall–Kier alpha value is -2.87. The van der Waals surface area contributed by atoms with Gasteiger partial charge in [-0.25, -0.2) is 0 Å². The first-order valence-electron chi connectivity index (χ1n) is 9.26. The van der Waals surface area contributed by atoms with E-state index in [9.17, 15) is 5.11 Å². The molecule has 1 aliphatic heterocycles. The lowest BCUT2D eigenvalue weighted by molar-refractivity contribution is 0.226. The van der Waals surface area contributed by atoms with Crippen LogP contribution in [0, 0.1) is 0 Å². The number of nitrogens with zero attached hydrogens (tertiary/aromatic N) is 5. The molecule has 0 amide bonds. The Balaban J connectivity index is 1.67. The predicted octanol–water partition coefficient (Wildman–Crippen LogP) is 2.40. The summed E-state index contributed by atoms with van der Waals surface area (Å²) in [4.78, 5) is 2.43. The van der Waals surface area contributed by atoms with E-state index in [0.717, 1.165) is 31.6 Å². The highest BCUT2D eigenvalue weighted by atomic mass is 16.5. The average molecular weight is 368 g/mol. The highest BCUT2D eigenvalue weighted by Crippen LogP contribution is 2.33. The number of aromatic nitrogens is 4. The van der Waals surface area contributed by atoms with Crippen LogP contribution in [0.2, 0.25) is 0 Å². The van der Waals surface area contributed by atoms with Crippen LogP contribution in [0.5, 0.6) is 11.5 Å². The highest BCUT2D eigenvalue weighted by molar-refractivity contribution is 5.81. The van der Waals surface area contributed by atoms with Crippen LogP contribution in [0.15, 0.2) is 30.5 Å². The van der Waals surface area contributed by atoms with Gasteiger partial charge in [-0.15, -0.1) is 10.2 Å². The van der Waals surface area contributed by atoms with E-state index in [4.69, 9.17) is 4.74 Å². The van der Waals surface area contributed by atoms with Crippen LogP contribution in [0.4, 0.5) is 5.95 Å². The van der Waals surface area contributed by atoms with Crippen molar-refractivity contribution in [2.45, 2.75) is 25.8 Å². The highest BCUT2D eigenvalue weighted by Gasteiger charge is 2.21. The van der Waals surface area contributed by atoms with Gasteiger partial charge >= 0.3 is 0 Å². The van der Waals surface area contributed by atoms with Crippen molar-refractivity contribution in [1.82, 2.24) is 24.7 Å². The average Bonchev–Trinajstić information content (AvgIpc) is 3.19. The standard InChI is InChI=1S/C19H24N6O2/c1-3-24-10-4-5-13(12-24)21-19-23-22-18(16-8-9-20-25(16)19)15-7-6-14(27-2)11-17(15)26/h6-9,11,13,26H,3-5,10,12H2,1-2H3,(H,21,23)/t13-/m1/s1. The molecule has 2 aromatic heterocycles. The molecule has 0 aliphatic carbocycles. The lowest BCUT2D eigenvalue weighted by Gasteiger charge is -2.32. The number of hydrogen-bond acceptors (Lipinski definition) is 7. The van der Waals surface area contributed by atoms with E-state index in [1.54, 1.807) is 36.0 Å². The molecule has 0 radical (unpaired) electrons. The van der Waals surface area contributed by atoms with Gasteiger partial charge < -0.3 is 20.1 Å². The number of hydrogen-bond donors (Lipinski definition) is 2. The molecule has 0 bridgehead atoms. The Labute approximate surface area is 157 Å². The van der Waals surface area contributed by atoms with E-state index < -0.39 is 0 Å². The number of nitrogens with one attached hydrogen (secondary N) is 1. The maximum atomic E-state index is 10.4. The number of likely N-dealkylation sites (tertiary alicyclic amines) is 1. The summed E-state index contributed by atoms with van der Waals surface area (Å²) in [6, 6.07) is 7.33. The third-order valence-corrected chi connectivity index (χ3v) is 5.08. The molecule has 1 saturated heterocycles. The molecule has 2 N–H and O–H groups in total. The molecule has 1 aliphatic rings. The summed E-state index contributed by atoms with van der Waals surface area (Å²) in [6.45, 7) is 5.37. The van der Waals surface area contributed by atoms with Crippen molar-refractivity contribution in [3.8, 4) is 22.8 Å². The van der Waals surface area contributed by atoms with Crippen LogP contribution < -0.4 is 10.1 Å². The number of fused-ring (bicyclic) bond motifs is 1. The molecule has 142 valence electrons. The van der Waals surface area contributed by atoms with Crippen molar-refractivity contribution in [2.75, 3.05) is 32.1 Å². The predicted molar refractivity (Wildman–Crippen MR) is 103 cm³/mol. The molecule has 1 atom stereocenters. The minimum absolute atomic E-state index is 0.0957. The molecule has 1 aromatic carbocycles. The number of rotatable bonds is 5. The molecule has 0 spiro atoms. The Morgan fingerprint density at radius 2 is 2.19 bits per heavy atom. The monoisotopic (exact) mass is 368 g/mol. The molecule has 8 nitrogen and oxygen atoms in total. The number of phenolic OH excluding ortho intramolecular Hbond substituents is 1. The Morgan fingerprint density at radius 1 is 1.30 bits per heavy atom. The van der Waals surface area contributed by atoms with Gasteiger partial charge in [-0.2, -0.15) is 9.61 Å². The zero-order valence-corrected chi connectivity index (χ0v) is 15.6. The van der Waals surface area contributed by atoms with Gasteiger partial charge in [0, 0.05) is 24.2 Å². The molecule has 3 aromatic rings. The normalized spacial score (nSPS) is 17.9. The van der Waals surface area contributed by atoms with Gasteiger partial charge in [0.15, 0.2) is 0 Å². The second-order valence-electron chi connectivity index (χ2n) is 6.76. The van der Waals surface area contributed by atoms with E-state index in [1.807, 2.05) is 6.07 Å². The largest absolute Gasteiger partial charge is 0.507 e. The number of benzene rings is 1. The van der Waals surface area contributed by atoms with Crippen molar-refractivity contribution in [3.63, 3.8) is 0 Å². The molecule has 1 fully saturated rings. The maximum absolute atomic E-state index is 10.4. The summed E-state index contributed by atoms with van der Waals surface area (Å²) in [5.41, 5.74) is 1.96. The number of piperidine rings is 1. The fourth-order valence-electron chi connectivity index (χ4n) is 3.61.